The van der Waals surface area contributed by atoms with Crippen molar-refractivity contribution in [3.05, 3.63) is 59.0 Å². The van der Waals surface area contributed by atoms with E-state index in [1.165, 1.54) is 17.7 Å². The Morgan fingerprint density at radius 3 is 2.78 bits per heavy atom. The summed E-state index contributed by atoms with van der Waals surface area (Å²) in [6.07, 6.45) is 8.88. The van der Waals surface area contributed by atoms with Gasteiger partial charge in [0.1, 0.15) is 5.82 Å². The first kappa shape index (κ1) is 23.9. The topological polar surface area (TPSA) is 78.9 Å². The zero-order chi connectivity index (χ0) is 25.2. The molecule has 4 aliphatic carbocycles. The molecule has 0 amide bonds. The van der Waals surface area contributed by atoms with Crippen LogP contribution in [0.25, 0.3) is 11.8 Å². The van der Waals surface area contributed by atoms with Crippen molar-refractivity contribution in [2.24, 2.45) is 28.6 Å². The Balaban J connectivity index is 1.32. The minimum absolute atomic E-state index is 0.0466. The van der Waals surface area contributed by atoms with E-state index >= 15 is 0 Å². The second-order valence-electron chi connectivity index (χ2n) is 11.5. The Labute approximate surface area is 215 Å². The minimum atomic E-state index is -0.486. The molecule has 0 spiro atoms. The number of fused-ring (bicyclic) bond motifs is 6. The molecular weight excluding hydrogens is 473 g/mol. The lowest BCUT2D eigenvalue weighted by molar-refractivity contribution is -0.121. The Kier molecular flexibility index (Phi) is 5.69. The molecule has 1 radical (unpaired) electrons. The zero-order valence-corrected chi connectivity index (χ0v) is 21.5. The molecule has 1 heterocycles. The maximum atomic E-state index is 13.5. The van der Waals surface area contributed by atoms with Crippen LogP contribution in [0.3, 0.4) is 0 Å². The Hall–Kier alpha value is -2.43. The molecule has 6 atom stereocenters. The van der Waals surface area contributed by atoms with Crippen LogP contribution in [0.5, 0.6) is 0 Å². The Bertz CT molecular complexity index is 1280. The number of carbonyl (C=O) groups excluding carboxylic acids is 1. The number of nitrogens with zero attached hydrogens (tertiary/aromatic N) is 3. The van der Waals surface area contributed by atoms with Gasteiger partial charge in [-0.25, -0.2) is 9.07 Å². The van der Waals surface area contributed by atoms with Gasteiger partial charge in [0.25, 0.3) is 0 Å². The van der Waals surface area contributed by atoms with Crippen molar-refractivity contribution in [3.63, 3.8) is 0 Å². The number of benzene rings is 1. The lowest BCUT2D eigenvalue weighted by atomic mass is 9.46. The summed E-state index contributed by atoms with van der Waals surface area (Å²) in [5, 5.41) is 25.3. The molecule has 4 aliphatic rings. The number of nitriles is 1. The fraction of sp³-hybridized carbons (Fsp3) is 0.517. The number of hydrogen-bond acceptors (Lipinski definition) is 5. The number of halogens is 1. The molecule has 36 heavy (non-hydrogen) atoms. The predicted molar refractivity (Wildman–Crippen MR) is 137 cm³/mol. The average Bonchev–Trinajstić information content (AvgIpc) is 3.40. The van der Waals surface area contributed by atoms with Crippen molar-refractivity contribution in [2.75, 3.05) is 5.75 Å². The molecule has 1 N–H and O–H groups in total. The van der Waals surface area contributed by atoms with Crippen LogP contribution in [0.1, 0.15) is 57.2 Å². The summed E-state index contributed by atoms with van der Waals surface area (Å²) in [7, 11) is 0. The number of thioether (sulfide) groups is 1. The maximum Gasteiger partial charge on any atom is 0.197 e. The highest BCUT2D eigenvalue weighted by molar-refractivity contribution is 8.14. The summed E-state index contributed by atoms with van der Waals surface area (Å²) in [5.74, 6) is 1.73. The molecule has 3 saturated carbocycles. The highest BCUT2D eigenvalue weighted by Crippen LogP contribution is 2.67. The van der Waals surface area contributed by atoms with Gasteiger partial charge in [-0.05, 0) is 103 Å². The third-order valence-corrected chi connectivity index (χ3v) is 10.6. The van der Waals surface area contributed by atoms with Crippen LogP contribution >= 0.6 is 11.8 Å². The summed E-state index contributed by atoms with van der Waals surface area (Å²) < 4.78 is 15.4. The van der Waals surface area contributed by atoms with Crippen LogP contribution in [-0.2, 0) is 11.2 Å². The number of rotatable bonds is 3. The van der Waals surface area contributed by atoms with E-state index in [9.17, 15) is 14.3 Å². The number of allylic oxidation sites excluding steroid dienone is 1. The van der Waals surface area contributed by atoms with Gasteiger partial charge >= 0.3 is 0 Å². The number of aliphatic hydroxyl groups is 1. The molecule has 0 unspecified atom stereocenters. The summed E-state index contributed by atoms with van der Waals surface area (Å²) >= 11 is 1.11. The van der Waals surface area contributed by atoms with Gasteiger partial charge in [0.15, 0.2) is 5.12 Å². The van der Waals surface area contributed by atoms with Crippen molar-refractivity contribution in [3.8, 4) is 11.8 Å². The van der Waals surface area contributed by atoms with Gasteiger partial charge in [-0.3, -0.25) is 4.79 Å². The van der Waals surface area contributed by atoms with E-state index in [0.717, 1.165) is 66.7 Å². The van der Waals surface area contributed by atoms with E-state index in [-0.39, 0.29) is 33.4 Å². The van der Waals surface area contributed by atoms with Gasteiger partial charge < -0.3 is 5.11 Å². The van der Waals surface area contributed by atoms with E-state index < -0.39 is 6.10 Å². The minimum Gasteiger partial charge on any atom is -0.393 e. The fourth-order valence-corrected chi connectivity index (χ4v) is 9.01. The SMILES string of the molecule is C[C@@]12C[C@H](O)[C@H]3[C@@H](CCC4=Cc5c(cnn5-c5ccc(F)cc5)C[C@@]43C)[C@@H]1CC[C]2C(=O)SCC#N. The molecule has 187 valence electrons. The van der Waals surface area contributed by atoms with E-state index in [1.54, 1.807) is 12.1 Å². The third kappa shape index (κ3) is 3.44. The van der Waals surface area contributed by atoms with Crippen molar-refractivity contribution < 1.29 is 14.3 Å². The first-order valence-electron chi connectivity index (χ1n) is 12.9. The summed E-state index contributed by atoms with van der Waals surface area (Å²) in [5.41, 5.74) is 3.98. The van der Waals surface area contributed by atoms with Gasteiger partial charge in [-0.15, -0.1) is 0 Å². The monoisotopic (exact) mass is 504 g/mol. The second kappa shape index (κ2) is 8.56. The first-order chi connectivity index (χ1) is 17.3. The van der Waals surface area contributed by atoms with E-state index in [2.05, 4.69) is 31.1 Å². The van der Waals surface area contributed by atoms with Crippen LogP contribution in [0.2, 0.25) is 0 Å². The highest BCUT2D eigenvalue weighted by atomic mass is 32.2. The second-order valence-corrected chi connectivity index (χ2v) is 12.4. The van der Waals surface area contributed by atoms with E-state index in [0.29, 0.717) is 18.3 Å². The first-order valence-corrected chi connectivity index (χ1v) is 13.9. The van der Waals surface area contributed by atoms with Gasteiger partial charge in [-0.1, -0.05) is 31.2 Å². The summed E-state index contributed by atoms with van der Waals surface area (Å²) in [4.78, 5) is 13.0. The standard InChI is InChI=1S/C29H31FN3O2S/c1-28-14-17-16-32-33(20-6-4-19(30)5-7-20)24(17)13-18(28)3-8-21-22-9-10-23(27(35)36-12-11-31)29(22,2)15-25(34)26(21)28/h4-7,13,16,21-22,25-26,34H,3,8-10,12,14-15H2,1-2H3/t21-,22-,25-,26+,28-,29+/m0/s1. The van der Waals surface area contributed by atoms with Gasteiger partial charge in [0.05, 0.1) is 41.4 Å². The molecule has 0 saturated heterocycles. The quantitative estimate of drug-likeness (QED) is 0.595. The zero-order valence-electron chi connectivity index (χ0n) is 20.7. The van der Waals surface area contributed by atoms with Crippen molar-refractivity contribution in [1.82, 2.24) is 9.78 Å². The summed E-state index contributed by atoms with van der Waals surface area (Å²) in [6, 6.07) is 8.49. The third-order valence-electron chi connectivity index (χ3n) is 9.80. The van der Waals surface area contributed by atoms with Crippen LogP contribution in [0.15, 0.2) is 36.0 Å². The molecule has 6 rings (SSSR count). The molecule has 1 aromatic carbocycles. The van der Waals surface area contributed by atoms with Crippen LogP contribution in [0.4, 0.5) is 4.39 Å². The van der Waals surface area contributed by atoms with Crippen LogP contribution in [0, 0.1) is 51.6 Å². The number of aromatic nitrogens is 2. The van der Waals surface area contributed by atoms with E-state index in [4.69, 9.17) is 5.26 Å². The molecule has 5 nitrogen and oxygen atoms in total. The normalized spacial score (nSPS) is 35.1. The van der Waals surface area contributed by atoms with Crippen molar-refractivity contribution in [2.45, 2.75) is 58.5 Å². The molecule has 0 bridgehead atoms. The fourth-order valence-electron chi connectivity index (χ4n) is 8.30. The maximum absolute atomic E-state index is 13.5. The average molecular weight is 505 g/mol. The molecule has 3 fully saturated rings. The smallest absolute Gasteiger partial charge is 0.197 e. The van der Waals surface area contributed by atoms with Crippen molar-refractivity contribution >= 4 is 23.0 Å². The molecule has 7 heteroatoms. The molecule has 1 aromatic heterocycles. The highest BCUT2D eigenvalue weighted by Gasteiger charge is 2.63. The lowest BCUT2D eigenvalue weighted by Crippen LogP contribution is -2.57. The molecule has 0 aliphatic heterocycles. The molecular formula is C29H31FN3O2S. The largest absolute Gasteiger partial charge is 0.393 e. The van der Waals surface area contributed by atoms with Gasteiger partial charge in [-0.2, -0.15) is 10.4 Å². The van der Waals surface area contributed by atoms with Crippen molar-refractivity contribution in [1.29, 1.82) is 5.26 Å². The summed E-state index contributed by atoms with van der Waals surface area (Å²) in [6.45, 7) is 4.50. The van der Waals surface area contributed by atoms with Crippen LogP contribution < -0.4 is 0 Å². The lowest BCUT2D eigenvalue weighted by Gasteiger charge is -2.59. The van der Waals surface area contributed by atoms with Gasteiger partial charge in [0.2, 0.25) is 0 Å². The Morgan fingerprint density at radius 1 is 1.25 bits per heavy atom. The predicted octanol–water partition coefficient (Wildman–Crippen LogP) is 5.52. The number of hydrogen-bond donors (Lipinski definition) is 1. The Morgan fingerprint density at radius 2 is 2.03 bits per heavy atom. The molecule has 2 aromatic rings. The number of carbonyl (C=O) groups is 1. The van der Waals surface area contributed by atoms with E-state index in [1.807, 2.05) is 10.9 Å². The van der Waals surface area contributed by atoms with Gasteiger partial charge in [0, 0.05) is 0 Å². The number of aliphatic hydroxyl groups excluding tert-OH is 1. The van der Waals surface area contributed by atoms with Crippen LogP contribution in [-0.4, -0.2) is 31.9 Å².